The SMILES string of the molecule is CN(C(=O)C1C2CCC(C2)C1N)c1cccc(O)c1. The molecule has 2 aliphatic rings. The summed E-state index contributed by atoms with van der Waals surface area (Å²) in [6.45, 7) is 0. The molecule has 0 spiro atoms. The van der Waals surface area contributed by atoms with E-state index in [1.54, 1.807) is 30.1 Å². The van der Waals surface area contributed by atoms with Crippen molar-refractivity contribution in [3.63, 3.8) is 0 Å². The fourth-order valence-corrected chi connectivity index (χ4v) is 3.75. The predicted octanol–water partition coefficient (Wildman–Crippen LogP) is 1.73. The highest BCUT2D eigenvalue weighted by Crippen LogP contribution is 2.48. The van der Waals surface area contributed by atoms with E-state index in [9.17, 15) is 9.90 Å². The summed E-state index contributed by atoms with van der Waals surface area (Å²) in [5.41, 5.74) is 6.94. The van der Waals surface area contributed by atoms with E-state index in [0.717, 1.165) is 18.5 Å². The van der Waals surface area contributed by atoms with Crippen LogP contribution < -0.4 is 10.6 Å². The number of aromatic hydroxyl groups is 1. The van der Waals surface area contributed by atoms with E-state index in [4.69, 9.17) is 5.73 Å². The number of rotatable bonds is 2. The highest BCUT2D eigenvalue weighted by atomic mass is 16.3. The number of amides is 1. The molecule has 0 radical (unpaired) electrons. The van der Waals surface area contributed by atoms with Gasteiger partial charge in [0.15, 0.2) is 0 Å². The lowest BCUT2D eigenvalue weighted by Crippen LogP contribution is -2.46. The number of phenolic OH excluding ortho intramolecular Hbond substituents is 1. The minimum atomic E-state index is -0.0499. The Morgan fingerprint density at radius 2 is 2.11 bits per heavy atom. The maximum Gasteiger partial charge on any atom is 0.231 e. The van der Waals surface area contributed by atoms with Crippen molar-refractivity contribution in [1.29, 1.82) is 0 Å². The third kappa shape index (κ3) is 2.00. The average Bonchev–Trinajstić information content (AvgIpc) is 2.98. The Kier molecular flexibility index (Phi) is 2.97. The number of fused-ring (bicyclic) bond motifs is 2. The largest absolute Gasteiger partial charge is 0.508 e. The summed E-state index contributed by atoms with van der Waals surface area (Å²) in [5, 5.41) is 9.50. The maximum absolute atomic E-state index is 12.6. The molecule has 3 rings (SSSR count). The molecule has 2 aliphatic carbocycles. The van der Waals surface area contributed by atoms with Crippen molar-refractivity contribution in [2.75, 3.05) is 11.9 Å². The molecule has 4 atom stereocenters. The summed E-state index contributed by atoms with van der Waals surface area (Å²) in [5.74, 6) is 1.19. The van der Waals surface area contributed by atoms with Gasteiger partial charge in [0, 0.05) is 24.8 Å². The van der Waals surface area contributed by atoms with Crippen molar-refractivity contribution < 1.29 is 9.90 Å². The molecule has 2 saturated carbocycles. The third-order valence-corrected chi connectivity index (χ3v) is 4.81. The standard InChI is InChI=1S/C15H20N2O2/c1-17(11-3-2-4-12(18)8-11)15(19)13-9-5-6-10(7-9)14(13)16/h2-4,8-10,13-14,18H,5-7,16H2,1H3. The van der Waals surface area contributed by atoms with Crippen LogP contribution in [0.4, 0.5) is 5.69 Å². The van der Waals surface area contributed by atoms with E-state index < -0.39 is 0 Å². The Morgan fingerprint density at radius 3 is 2.74 bits per heavy atom. The molecule has 0 aromatic heterocycles. The van der Waals surface area contributed by atoms with E-state index in [1.165, 1.54) is 6.42 Å². The van der Waals surface area contributed by atoms with Gasteiger partial charge in [0.1, 0.15) is 5.75 Å². The Morgan fingerprint density at radius 1 is 1.37 bits per heavy atom. The van der Waals surface area contributed by atoms with Crippen LogP contribution >= 0.6 is 0 Å². The van der Waals surface area contributed by atoms with Crippen LogP contribution in [-0.2, 0) is 4.79 Å². The predicted molar refractivity (Wildman–Crippen MR) is 73.8 cm³/mol. The molecule has 1 aromatic rings. The van der Waals surface area contributed by atoms with Crippen LogP contribution in [0.15, 0.2) is 24.3 Å². The van der Waals surface area contributed by atoms with Gasteiger partial charge in [0.2, 0.25) is 5.91 Å². The molecule has 102 valence electrons. The molecule has 2 fully saturated rings. The molecule has 0 heterocycles. The summed E-state index contributed by atoms with van der Waals surface area (Å²) >= 11 is 0. The van der Waals surface area contributed by atoms with E-state index in [1.807, 2.05) is 6.07 Å². The van der Waals surface area contributed by atoms with Gasteiger partial charge in [-0.2, -0.15) is 0 Å². The first-order valence-corrected chi connectivity index (χ1v) is 6.90. The molecule has 4 heteroatoms. The summed E-state index contributed by atoms with van der Waals surface area (Å²) in [4.78, 5) is 14.3. The van der Waals surface area contributed by atoms with Crippen LogP contribution in [0.3, 0.4) is 0 Å². The van der Waals surface area contributed by atoms with Gasteiger partial charge in [0.05, 0.1) is 5.92 Å². The second kappa shape index (κ2) is 4.53. The van der Waals surface area contributed by atoms with Gasteiger partial charge in [-0.25, -0.2) is 0 Å². The van der Waals surface area contributed by atoms with Crippen molar-refractivity contribution in [1.82, 2.24) is 0 Å². The smallest absolute Gasteiger partial charge is 0.231 e. The van der Waals surface area contributed by atoms with E-state index in [0.29, 0.717) is 11.8 Å². The molecule has 19 heavy (non-hydrogen) atoms. The first-order chi connectivity index (χ1) is 9.08. The summed E-state index contributed by atoms with van der Waals surface area (Å²) in [6.07, 6.45) is 3.40. The van der Waals surface area contributed by atoms with Crippen molar-refractivity contribution >= 4 is 11.6 Å². The van der Waals surface area contributed by atoms with Crippen molar-refractivity contribution in [2.45, 2.75) is 25.3 Å². The molecule has 2 bridgehead atoms. The third-order valence-electron chi connectivity index (χ3n) is 4.81. The van der Waals surface area contributed by atoms with Crippen molar-refractivity contribution in [2.24, 2.45) is 23.5 Å². The Labute approximate surface area is 113 Å². The lowest BCUT2D eigenvalue weighted by atomic mass is 9.84. The van der Waals surface area contributed by atoms with Crippen LogP contribution in [0, 0.1) is 17.8 Å². The lowest BCUT2D eigenvalue weighted by molar-refractivity contribution is -0.124. The minimum absolute atomic E-state index is 0.00556. The minimum Gasteiger partial charge on any atom is -0.508 e. The van der Waals surface area contributed by atoms with Gasteiger partial charge in [-0.1, -0.05) is 6.07 Å². The molecular formula is C15H20N2O2. The molecule has 3 N–H and O–H groups in total. The lowest BCUT2D eigenvalue weighted by Gasteiger charge is -2.30. The number of hydrogen-bond donors (Lipinski definition) is 2. The Balaban J connectivity index is 1.80. The topological polar surface area (TPSA) is 66.6 Å². The maximum atomic E-state index is 12.6. The van der Waals surface area contributed by atoms with Gasteiger partial charge < -0.3 is 15.7 Å². The summed E-state index contributed by atoms with van der Waals surface area (Å²) < 4.78 is 0. The number of carbonyl (C=O) groups is 1. The number of anilines is 1. The Hall–Kier alpha value is -1.55. The van der Waals surface area contributed by atoms with E-state index >= 15 is 0 Å². The number of hydrogen-bond acceptors (Lipinski definition) is 3. The second-order valence-corrected chi connectivity index (χ2v) is 5.85. The number of phenols is 1. The number of nitrogens with two attached hydrogens (primary N) is 1. The molecule has 1 aromatic carbocycles. The van der Waals surface area contributed by atoms with Gasteiger partial charge in [-0.05, 0) is 43.2 Å². The normalized spacial score (nSPS) is 32.5. The first kappa shape index (κ1) is 12.5. The fourth-order valence-electron chi connectivity index (χ4n) is 3.75. The van der Waals surface area contributed by atoms with Crippen molar-refractivity contribution in [3.05, 3.63) is 24.3 Å². The van der Waals surface area contributed by atoms with E-state index in [2.05, 4.69) is 0 Å². The highest BCUT2D eigenvalue weighted by Gasteiger charge is 2.49. The summed E-state index contributed by atoms with van der Waals surface area (Å²) in [7, 11) is 1.76. The zero-order valence-electron chi connectivity index (χ0n) is 11.1. The summed E-state index contributed by atoms with van der Waals surface area (Å²) in [6, 6.07) is 6.79. The molecule has 0 saturated heterocycles. The highest BCUT2D eigenvalue weighted by molar-refractivity contribution is 5.95. The van der Waals surface area contributed by atoms with Gasteiger partial charge >= 0.3 is 0 Å². The van der Waals surface area contributed by atoms with Gasteiger partial charge in [-0.3, -0.25) is 4.79 Å². The van der Waals surface area contributed by atoms with Crippen LogP contribution in [0.25, 0.3) is 0 Å². The second-order valence-electron chi connectivity index (χ2n) is 5.85. The number of benzene rings is 1. The molecular weight excluding hydrogens is 240 g/mol. The van der Waals surface area contributed by atoms with Crippen LogP contribution in [0.5, 0.6) is 5.75 Å². The molecule has 4 unspecified atom stereocenters. The van der Waals surface area contributed by atoms with Crippen LogP contribution in [0.2, 0.25) is 0 Å². The van der Waals surface area contributed by atoms with E-state index in [-0.39, 0.29) is 23.6 Å². The van der Waals surface area contributed by atoms with Crippen LogP contribution in [0.1, 0.15) is 19.3 Å². The van der Waals surface area contributed by atoms with Crippen LogP contribution in [-0.4, -0.2) is 24.1 Å². The first-order valence-electron chi connectivity index (χ1n) is 6.90. The van der Waals surface area contributed by atoms with Gasteiger partial charge in [0.25, 0.3) is 0 Å². The number of carbonyl (C=O) groups excluding carboxylic acids is 1. The quantitative estimate of drug-likeness (QED) is 0.851. The van der Waals surface area contributed by atoms with Crippen molar-refractivity contribution in [3.8, 4) is 5.75 Å². The molecule has 0 aliphatic heterocycles. The zero-order chi connectivity index (χ0) is 13.6. The number of nitrogens with zero attached hydrogens (tertiary/aromatic N) is 1. The molecule has 4 nitrogen and oxygen atoms in total. The Bertz CT molecular complexity index is 501. The van der Waals surface area contributed by atoms with Gasteiger partial charge in [-0.15, -0.1) is 0 Å². The zero-order valence-corrected chi connectivity index (χ0v) is 11.1. The average molecular weight is 260 g/mol. The monoisotopic (exact) mass is 260 g/mol. The fraction of sp³-hybridized carbons (Fsp3) is 0.533. The molecule has 1 amide bonds.